The lowest BCUT2D eigenvalue weighted by Crippen LogP contribution is -2.37. The molecule has 0 aromatic carbocycles. The monoisotopic (exact) mass is 273 g/mol. The lowest BCUT2D eigenvalue weighted by molar-refractivity contribution is 0.281. The third-order valence-corrected chi connectivity index (χ3v) is 6.83. The van der Waals surface area contributed by atoms with E-state index in [-0.39, 0.29) is 12.6 Å². The van der Waals surface area contributed by atoms with Crippen LogP contribution in [0.25, 0.3) is 0 Å². The Bertz CT molecular complexity index is 523. The maximum absolute atomic E-state index is 12.5. The van der Waals surface area contributed by atoms with Crippen LogP contribution in [0.1, 0.15) is 24.1 Å². The average molecular weight is 273 g/mol. The van der Waals surface area contributed by atoms with E-state index in [1.54, 1.807) is 15.8 Å². The molecular weight excluding hydrogens is 258 g/mol. The van der Waals surface area contributed by atoms with E-state index < -0.39 is 10.0 Å². The molecule has 1 saturated carbocycles. The Kier molecular flexibility index (Phi) is 2.77. The third-order valence-electron chi connectivity index (χ3n) is 3.79. The summed E-state index contributed by atoms with van der Waals surface area (Å²) in [5, 5.41) is 10.9. The van der Waals surface area contributed by atoms with Gasteiger partial charge in [-0.3, -0.25) is 0 Å². The molecule has 4 nitrogen and oxygen atoms in total. The number of fused-ring (bicyclic) bond motifs is 2. The molecular formula is C11H15NO3S2. The highest BCUT2D eigenvalue weighted by Gasteiger charge is 2.44. The molecule has 1 N–H and O–H groups in total. The predicted octanol–water partition coefficient (Wildman–Crippen LogP) is 1.41. The van der Waals surface area contributed by atoms with Gasteiger partial charge in [-0.15, -0.1) is 11.3 Å². The Hall–Kier alpha value is -0.430. The van der Waals surface area contributed by atoms with Crippen molar-refractivity contribution in [3.63, 3.8) is 0 Å². The van der Waals surface area contributed by atoms with Gasteiger partial charge in [-0.05, 0) is 36.6 Å². The van der Waals surface area contributed by atoms with Crippen molar-refractivity contribution in [1.29, 1.82) is 0 Å². The van der Waals surface area contributed by atoms with Gasteiger partial charge in [0.2, 0.25) is 10.0 Å². The van der Waals surface area contributed by atoms with Gasteiger partial charge in [-0.25, -0.2) is 8.42 Å². The quantitative estimate of drug-likeness (QED) is 0.906. The molecule has 2 bridgehead atoms. The molecule has 2 fully saturated rings. The molecule has 0 amide bonds. The van der Waals surface area contributed by atoms with E-state index in [0.29, 0.717) is 22.2 Å². The van der Waals surface area contributed by atoms with Crippen molar-refractivity contribution >= 4 is 21.4 Å². The Morgan fingerprint density at radius 3 is 2.88 bits per heavy atom. The molecule has 1 aliphatic carbocycles. The molecule has 2 aliphatic rings. The van der Waals surface area contributed by atoms with Crippen molar-refractivity contribution < 1.29 is 13.5 Å². The zero-order valence-electron chi connectivity index (χ0n) is 9.37. The van der Waals surface area contributed by atoms with Crippen LogP contribution in [0.2, 0.25) is 0 Å². The Labute approximate surface area is 105 Å². The summed E-state index contributed by atoms with van der Waals surface area (Å²) < 4.78 is 26.6. The van der Waals surface area contributed by atoms with E-state index in [1.807, 2.05) is 0 Å². The second kappa shape index (κ2) is 4.05. The highest BCUT2D eigenvalue weighted by atomic mass is 32.2. The van der Waals surface area contributed by atoms with Crippen LogP contribution in [0.5, 0.6) is 0 Å². The molecule has 1 aromatic rings. The van der Waals surface area contributed by atoms with Gasteiger partial charge in [0, 0.05) is 17.5 Å². The number of aliphatic hydroxyl groups is 1. The zero-order chi connectivity index (χ0) is 12.0. The number of rotatable bonds is 3. The minimum absolute atomic E-state index is 0.191. The number of sulfonamides is 1. The van der Waals surface area contributed by atoms with Crippen LogP contribution in [0.3, 0.4) is 0 Å². The number of hydrogen-bond donors (Lipinski definition) is 1. The zero-order valence-corrected chi connectivity index (χ0v) is 11.0. The van der Waals surface area contributed by atoms with E-state index in [2.05, 4.69) is 0 Å². The number of hydrogen-bond acceptors (Lipinski definition) is 4. The molecule has 2 unspecified atom stereocenters. The van der Waals surface area contributed by atoms with Gasteiger partial charge in [0.15, 0.2) is 0 Å². The largest absolute Gasteiger partial charge is 0.391 e. The molecule has 17 heavy (non-hydrogen) atoms. The first-order chi connectivity index (χ1) is 8.13. The molecule has 6 heteroatoms. The van der Waals surface area contributed by atoms with Crippen molar-refractivity contribution in [1.82, 2.24) is 4.31 Å². The van der Waals surface area contributed by atoms with Gasteiger partial charge >= 0.3 is 0 Å². The first-order valence-corrected chi connectivity index (χ1v) is 8.14. The normalized spacial score (nSPS) is 29.0. The fourth-order valence-electron chi connectivity index (χ4n) is 2.97. The van der Waals surface area contributed by atoms with Crippen LogP contribution in [0, 0.1) is 5.92 Å². The molecule has 2 atom stereocenters. The number of aliphatic hydroxyl groups excluding tert-OH is 1. The smallest absolute Gasteiger partial charge is 0.244 e. The first kappa shape index (κ1) is 11.6. The van der Waals surface area contributed by atoms with Crippen LogP contribution in [0.4, 0.5) is 0 Å². The average Bonchev–Trinajstić information content (AvgIpc) is 3.04. The molecule has 2 heterocycles. The standard InChI is InChI=1S/C11H15NO3S2/c13-7-10-11(3-4-16-10)17(14,15)12-6-8-1-2-9(12)5-8/h3-4,8-9,13H,1-2,5-7H2. The lowest BCUT2D eigenvalue weighted by atomic mass is 10.1. The summed E-state index contributed by atoms with van der Waals surface area (Å²) in [4.78, 5) is 0.852. The first-order valence-electron chi connectivity index (χ1n) is 5.82. The van der Waals surface area contributed by atoms with Gasteiger partial charge in [-0.1, -0.05) is 0 Å². The van der Waals surface area contributed by atoms with Crippen LogP contribution in [-0.4, -0.2) is 30.4 Å². The second-order valence-corrected chi connectivity index (χ2v) is 7.63. The Morgan fingerprint density at radius 1 is 1.47 bits per heavy atom. The molecule has 1 saturated heterocycles. The summed E-state index contributed by atoms with van der Waals surface area (Å²) in [5.41, 5.74) is 0. The van der Waals surface area contributed by atoms with Crippen molar-refractivity contribution in [2.45, 2.75) is 36.8 Å². The number of piperidine rings is 1. The SMILES string of the molecule is O=S(=O)(c1ccsc1CO)N1CC2CCC1C2. The van der Waals surface area contributed by atoms with Crippen LogP contribution < -0.4 is 0 Å². The molecule has 0 spiro atoms. The second-order valence-electron chi connectivity index (χ2n) is 4.77. The number of nitrogens with zero attached hydrogens (tertiary/aromatic N) is 1. The van der Waals surface area contributed by atoms with Gasteiger partial charge < -0.3 is 5.11 Å². The Morgan fingerprint density at radius 2 is 2.29 bits per heavy atom. The number of thiophene rings is 1. The van der Waals surface area contributed by atoms with Gasteiger partial charge in [0.1, 0.15) is 0 Å². The summed E-state index contributed by atoms with van der Waals surface area (Å²) in [7, 11) is -3.39. The van der Waals surface area contributed by atoms with Crippen LogP contribution in [0.15, 0.2) is 16.3 Å². The van der Waals surface area contributed by atoms with E-state index in [1.165, 1.54) is 11.3 Å². The van der Waals surface area contributed by atoms with Crippen molar-refractivity contribution in [2.75, 3.05) is 6.54 Å². The van der Waals surface area contributed by atoms with Crippen LogP contribution in [-0.2, 0) is 16.6 Å². The van der Waals surface area contributed by atoms with Crippen LogP contribution >= 0.6 is 11.3 Å². The maximum atomic E-state index is 12.5. The van der Waals surface area contributed by atoms with Crippen molar-refractivity contribution in [3.8, 4) is 0 Å². The lowest BCUT2D eigenvalue weighted by Gasteiger charge is -2.26. The fraction of sp³-hybridized carbons (Fsp3) is 0.636. The summed E-state index contributed by atoms with van der Waals surface area (Å²) in [5.74, 6) is 0.547. The Balaban J connectivity index is 1.96. The molecule has 3 rings (SSSR count). The maximum Gasteiger partial charge on any atom is 0.244 e. The van der Waals surface area contributed by atoms with Crippen molar-refractivity contribution in [2.24, 2.45) is 5.92 Å². The highest BCUT2D eigenvalue weighted by Crippen LogP contribution is 2.41. The molecule has 1 aromatic heterocycles. The highest BCUT2D eigenvalue weighted by molar-refractivity contribution is 7.89. The minimum atomic E-state index is -3.39. The third kappa shape index (κ3) is 1.74. The molecule has 0 radical (unpaired) electrons. The topological polar surface area (TPSA) is 57.6 Å². The summed E-state index contributed by atoms with van der Waals surface area (Å²) in [6.45, 7) is 0.460. The summed E-state index contributed by atoms with van der Waals surface area (Å²) in [6, 6.07) is 1.80. The predicted molar refractivity (Wildman–Crippen MR) is 65.3 cm³/mol. The van der Waals surface area contributed by atoms with Gasteiger partial charge in [-0.2, -0.15) is 4.31 Å². The summed E-state index contributed by atoms with van der Waals surface area (Å²) in [6.07, 6.45) is 3.16. The van der Waals surface area contributed by atoms with E-state index in [4.69, 9.17) is 0 Å². The van der Waals surface area contributed by atoms with Gasteiger partial charge in [0.25, 0.3) is 0 Å². The van der Waals surface area contributed by atoms with Gasteiger partial charge in [0.05, 0.1) is 11.5 Å². The molecule has 94 valence electrons. The van der Waals surface area contributed by atoms with E-state index in [0.717, 1.165) is 19.3 Å². The fourth-order valence-corrected chi connectivity index (χ4v) is 5.98. The van der Waals surface area contributed by atoms with Crippen molar-refractivity contribution in [3.05, 3.63) is 16.3 Å². The van der Waals surface area contributed by atoms with E-state index >= 15 is 0 Å². The minimum Gasteiger partial charge on any atom is -0.391 e. The summed E-state index contributed by atoms with van der Waals surface area (Å²) >= 11 is 1.30. The van der Waals surface area contributed by atoms with E-state index in [9.17, 15) is 13.5 Å². The molecule has 1 aliphatic heterocycles.